The summed E-state index contributed by atoms with van der Waals surface area (Å²) in [7, 11) is 0. The van der Waals surface area contributed by atoms with E-state index in [0.29, 0.717) is 5.82 Å². The van der Waals surface area contributed by atoms with Crippen LogP contribution in [0.4, 0.5) is 14.6 Å². The van der Waals surface area contributed by atoms with Crippen LogP contribution < -0.4 is 5.73 Å². The van der Waals surface area contributed by atoms with E-state index in [0.717, 1.165) is 17.7 Å². The number of aliphatic hydroxyl groups is 1. The molecule has 2 aromatic rings. The minimum Gasteiger partial charge on any atom is -0.388 e. The Morgan fingerprint density at radius 3 is 2.67 bits per heavy atom. The van der Waals surface area contributed by atoms with Crippen LogP contribution in [-0.4, -0.2) is 10.1 Å². The number of halogens is 2. The van der Waals surface area contributed by atoms with Crippen molar-refractivity contribution >= 4 is 5.82 Å². The summed E-state index contributed by atoms with van der Waals surface area (Å²) in [5.41, 5.74) is 6.30. The lowest BCUT2D eigenvalue weighted by molar-refractivity contribution is 0.173. The first-order valence-electron chi connectivity index (χ1n) is 5.39. The molecule has 1 heterocycles. The molecule has 0 amide bonds. The number of aliphatic hydroxyl groups excluding tert-OH is 1. The normalized spacial score (nSPS) is 12.4. The fourth-order valence-corrected chi connectivity index (χ4v) is 1.73. The lowest BCUT2D eigenvalue weighted by Gasteiger charge is -2.12. The Morgan fingerprint density at radius 1 is 1.22 bits per heavy atom. The van der Waals surface area contributed by atoms with Gasteiger partial charge in [-0.2, -0.15) is 0 Å². The third-order valence-electron chi connectivity index (χ3n) is 2.60. The third kappa shape index (κ3) is 2.81. The molecule has 0 saturated heterocycles. The van der Waals surface area contributed by atoms with Gasteiger partial charge >= 0.3 is 0 Å². The van der Waals surface area contributed by atoms with E-state index >= 15 is 0 Å². The predicted molar refractivity (Wildman–Crippen MR) is 63.7 cm³/mol. The van der Waals surface area contributed by atoms with Crippen molar-refractivity contribution < 1.29 is 13.9 Å². The first-order chi connectivity index (χ1) is 8.56. The number of rotatable bonds is 3. The first kappa shape index (κ1) is 12.4. The molecule has 5 heteroatoms. The van der Waals surface area contributed by atoms with Crippen LogP contribution in [0.15, 0.2) is 36.5 Å². The molecular weight excluding hydrogens is 238 g/mol. The molecule has 1 aromatic heterocycles. The van der Waals surface area contributed by atoms with Crippen LogP contribution in [0.25, 0.3) is 0 Å². The second-order valence-electron chi connectivity index (χ2n) is 3.97. The van der Waals surface area contributed by atoms with Crippen molar-refractivity contribution in [2.75, 3.05) is 5.73 Å². The fourth-order valence-electron chi connectivity index (χ4n) is 1.73. The molecule has 0 bridgehead atoms. The van der Waals surface area contributed by atoms with Crippen molar-refractivity contribution in [2.24, 2.45) is 0 Å². The number of hydrogen-bond acceptors (Lipinski definition) is 3. The van der Waals surface area contributed by atoms with Crippen LogP contribution in [-0.2, 0) is 6.42 Å². The molecule has 3 N–H and O–H groups in total. The maximum Gasteiger partial charge on any atom is 0.131 e. The van der Waals surface area contributed by atoms with Gasteiger partial charge in [0.1, 0.15) is 17.5 Å². The van der Waals surface area contributed by atoms with Crippen molar-refractivity contribution in [3.8, 4) is 0 Å². The number of pyridine rings is 1. The summed E-state index contributed by atoms with van der Waals surface area (Å²) in [6, 6.07) is 6.38. The van der Waals surface area contributed by atoms with E-state index in [2.05, 4.69) is 4.98 Å². The first-order valence-corrected chi connectivity index (χ1v) is 5.39. The van der Waals surface area contributed by atoms with Crippen LogP contribution >= 0.6 is 0 Å². The van der Waals surface area contributed by atoms with E-state index in [1.54, 1.807) is 12.1 Å². The Balaban J connectivity index is 2.19. The lowest BCUT2D eigenvalue weighted by atomic mass is 10.0. The summed E-state index contributed by atoms with van der Waals surface area (Å²) in [5, 5.41) is 9.91. The molecule has 1 aromatic carbocycles. The van der Waals surface area contributed by atoms with Gasteiger partial charge in [-0.1, -0.05) is 6.07 Å². The van der Waals surface area contributed by atoms with Gasteiger partial charge < -0.3 is 10.8 Å². The van der Waals surface area contributed by atoms with Crippen LogP contribution in [0.2, 0.25) is 0 Å². The second kappa shape index (κ2) is 5.10. The molecule has 2 rings (SSSR count). The van der Waals surface area contributed by atoms with Gasteiger partial charge in [-0.15, -0.1) is 0 Å². The van der Waals surface area contributed by atoms with E-state index < -0.39 is 17.7 Å². The molecular formula is C13H12F2N2O. The molecule has 1 atom stereocenters. The van der Waals surface area contributed by atoms with Gasteiger partial charge in [0.15, 0.2) is 0 Å². The predicted octanol–water partition coefficient (Wildman–Crippen LogP) is 2.22. The summed E-state index contributed by atoms with van der Waals surface area (Å²) < 4.78 is 26.2. The van der Waals surface area contributed by atoms with E-state index in [-0.39, 0.29) is 12.0 Å². The zero-order valence-corrected chi connectivity index (χ0v) is 9.48. The van der Waals surface area contributed by atoms with Gasteiger partial charge in [0.25, 0.3) is 0 Å². The monoisotopic (exact) mass is 250 g/mol. The largest absolute Gasteiger partial charge is 0.388 e. The van der Waals surface area contributed by atoms with Crippen molar-refractivity contribution in [1.29, 1.82) is 0 Å². The summed E-state index contributed by atoms with van der Waals surface area (Å²) >= 11 is 0. The average Bonchev–Trinajstić information content (AvgIpc) is 2.28. The van der Waals surface area contributed by atoms with E-state index in [1.807, 2.05) is 0 Å². The summed E-state index contributed by atoms with van der Waals surface area (Å²) in [5.74, 6) is -1.10. The maximum atomic E-state index is 13.4. The number of nitrogens with two attached hydrogens (primary N) is 1. The van der Waals surface area contributed by atoms with Crippen LogP contribution in [0.1, 0.15) is 17.2 Å². The smallest absolute Gasteiger partial charge is 0.131 e. The number of aromatic nitrogens is 1. The Hall–Kier alpha value is -2.01. The third-order valence-corrected chi connectivity index (χ3v) is 2.60. The summed E-state index contributed by atoms with van der Waals surface area (Å²) in [4.78, 5) is 3.82. The lowest BCUT2D eigenvalue weighted by Crippen LogP contribution is -2.05. The molecule has 0 saturated carbocycles. The Morgan fingerprint density at radius 2 is 2.00 bits per heavy atom. The highest BCUT2D eigenvalue weighted by Gasteiger charge is 2.14. The standard InChI is InChI=1S/C13H12F2N2O/c14-9-1-2-10(11(15)7-9)12(18)5-8-3-4-17-13(16)6-8/h1-4,6-7,12,18H,5H2,(H2,16,17). The van der Waals surface area contributed by atoms with Crippen molar-refractivity contribution in [3.63, 3.8) is 0 Å². The molecule has 1 unspecified atom stereocenters. The van der Waals surface area contributed by atoms with Gasteiger partial charge in [-0.25, -0.2) is 13.8 Å². The molecule has 94 valence electrons. The SMILES string of the molecule is Nc1cc(CC(O)c2ccc(F)cc2F)ccn1. The average molecular weight is 250 g/mol. The van der Waals surface area contributed by atoms with Crippen molar-refractivity contribution in [2.45, 2.75) is 12.5 Å². The maximum absolute atomic E-state index is 13.4. The highest BCUT2D eigenvalue weighted by molar-refractivity contribution is 5.33. The molecule has 18 heavy (non-hydrogen) atoms. The number of hydrogen-bond donors (Lipinski definition) is 2. The quantitative estimate of drug-likeness (QED) is 0.878. The van der Waals surface area contributed by atoms with Crippen LogP contribution in [0.3, 0.4) is 0 Å². The Bertz CT molecular complexity index is 560. The number of nitrogen functional groups attached to an aromatic ring is 1. The van der Waals surface area contributed by atoms with Gasteiger partial charge in [0.2, 0.25) is 0 Å². The Kier molecular flexibility index (Phi) is 3.53. The molecule has 0 fully saturated rings. The summed E-state index contributed by atoms with van der Waals surface area (Å²) in [6.07, 6.45) is 0.653. The van der Waals surface area contributed by atoms with Gasteiger partial charge in [-0.05, 0) is 23.8 Å². The molecule has 3 nitrogen and oxygen atoms in total. The second-order valence-corrected chi connectivity index (χ2v) is 3.97. The van der Waals surface area contributed by atoms with Crippen LogP contribution in [0.5, 0.6) is 0 Å². The van der Waals surface area contributed by atoms with E-state index in [1.165, 1.54) is 12.3 Å². The van der Waals surface area contributed by atoms with Crippen LogP contribution in [0, 0.1) is 11.6 Å². The van der Waals surface area contributed by atoms with Crippen molar-refractivity contribution in [3.05, 3.63) is 59.3 Å². The van der Waals surface area contributed by atoms with E-state index in [4.69, 9.17) is 5.73 Å². The Labute approximate surface area is 103 Å². The highest BCUT2D eigenvalue weighted by atomic mass is 19.1. The molecule has 0 spiro atoms. The molecule has 0 aliphatic heterocycles. The number of benzene rings is 1. The number of anilines is 1. The van der Waals surface area contributed by atoms with Gasteiger partial charge in [0.05, 0.1) is 6.10 Å². The molecule has 0 aliphatic rings. The topological polar surface area (TPSA) is 59.1 Å². The molecule has 0 aliphatic carbocycles. The van der Waals surface area contributed by atoms with Gasteiger partial charge in [0, 0.05) is 24.2 Å². The van der Waals surface area contributed by atoms with Gasteiger partial charge in [-0.3, -0.25) is 0 Å². The fraction of sp³-hybridized carbons (Fsp3) is 0.154. The van der Waals surface area contributed by atoms with E-state index in [9.17, 15) is 13.9 Å². The zero-order chi connectivity index (χ0) is 13.1. The number of nitrogens with zero attached hydrogens (tertiary/aromatic N) is 1. The minimum atomic E-state index is -1.05. The molecule has 0 radical (unpaired) electrons. The minimum absolute atomic E-state index is 0.0618. The van der Waals surface area contributed by atoms with Crippen molar-refractivity contribution in [1.82, 2.24) is 4.98 Å². The zero-order valence-electron chi connectivity index (χ0n) is 9.48. The highest BCUT2D eigenvalue weighted by Crippen LogP contribution is 2.22. The summed E-state index contributed by atoms with van der Waals surface area (Å²) in [6.45, 7) is 0.